The standard InChI is InChI=1S/C17H21N3OS/c1-10-8-11(2)20-16(6-7-18-20)19(10)17(21)14-9-13(14)15-5-4-12(3)22-15/h4-7,10-11,13-14H,8-9H2,1-3H3/t10-,11+,13-,14+/m1/s1. The van der Waals surface area contributed by atoms with Gasteiger partial charge in [-0.25, -0.2) is 4.68 Å². The molecule has 4 atom stereocenters. The maximum atomic E-state index is 13.0. The third kappa shape index (κ3) is 2.10. The minimum Gasteiger partial charge on any atom is -0.294 e. The van der Waals surface area contributed by atoms with E-state index in [9.17, 15) is 4.79 Å². The van der Waals surface area contributed by atoms with Crippen LogP contribution in [-0.4, -0.2) is 21.7 Å². The van der Waals surface area contributed by atoms with Gasteiger partial charge in [0.05, 0.1) is 12.2 Å². The van der Waals surface area contributed by atoms with Crippen LogP contribution in [0.25, 0.3) is 0 Å². The van der Waals surface area contributed by atoms with E-state index in [2.05, 4.69) is 38.0 Å². The summed E-state index contributed by atoms with van der Waals surface area (Å²) in [6.45, 7) is 6.45. The van der Waals surface area contributed by atoms with E-state index in [1.807, 2.05) is 27.0 Å². The van der Waals surface area contributed by atoms with Crippen LogP contribution < -0.4 is 4.90 Å². The molecule has 0 N–H and O–H groups in total. The number of fused-ring (bicyclic) bond motifs is 1. The van der Waals surface area contributed by atoms with E-state index in [4.69, 9.17) is 0 Å². The smallest absolute Gasteiger partial charge is 0.232 e. The Morgan fingerprint density at radius 2 is 2.05 bits per heavy atom. The molecule has 0 saturated heterocycles. The molecule has 0 aromatic carbocycles. The van der Waals surface area contributed by atoms with Crippen molar-refractivity contribution in [3.8, 4) is 0 Å². The van der Waals surface area contributed by atoms with Crippen LogP contribution in [0.5, 0.6) is 0 Å². The first kappa shape index (κ1) is 14.0. The second-order valence-electron chi connectivity index (χ2n) is 6.67. The SMILES string of the molecule is Cc1ccc([C@@H]2C[C@@H]2C(=O)N2c3ccnn3[C@@H](C)C[C@H]2C)s1. The van der Waals surface area contributed by atoms with E-state index in [-0.39, 0.29) is 17.9 Å². The molecule has 1 saturated carbocycles. The molecule has 2 aromatic rings. The Hall–Kier alpha value is -1.62. The number of hydrogen-bond acceptors (Lipinski definition) is 3. The van der Waals surface area contributed by atoms with Crippen molar-refractivity contribution in [3.05, 3.63) is 34.2 Å². The Kier molecular flexibility index (Phi) is 3.15. The Labute approximate surface area is 134 Å². The average molecular weight is 315 g/mol. The highest BCUT2D eigenvalue weighted by atomic mass is 32.1. The van der Waals surface area contributed by atoms with E-state index in [1.54, 1.807) is 6.20 Å². The highest BCUT2D eigenvalue weighted by molar-refractivity contribution is 7.12. The number of amides is 1. The van der Waals surface area contributed by atoms with Gasteiger partial charge in [-0.05, 0) is 45.7 Å². The molecule has 1 aliphatic heterocycles. The Morgan fingerprint density at radius 1 is 1.23 bits per heavy atom. The second-order valence-corrected chi connectivity index (χ2v) is 7.99. The van der Waals surface area contributed by atoms with Crippen LogP contribution in [0.1, 0.15) is 48.4 Å². The maximum absolute atomic E-state index is 13.0. The molecular weight excluding hydrogens is 294 g/mol. The summed E-state index contributed by atoms with van der Waals surface area (Å²) < 4.78 is 1.99. The van der Waals surface area contributed by atoms with E-state index in [0.29, 0.717) is 12.0 Å². The molecule has 5 heteroatoms. The lowest BCUT2D eigenvalue weighted by atomic mass is 10.0. The van der Waals surface area contributed by atoms with Gasteiger partial charge in [0.15, 0.2) is 0 Å². The molecule has 116 valence electrons. The van der Waals surface area contributed by atoms with Crippen LogP contribution in [0.15, 0.2) is 24.4 Å². The number of aromatic nitrogens is 2. The number of aryl methyl sites for hydroxylation is 1. The minimum absolute atomic E-state index is 0.150. The van der Waals surface area contributed by atoms with Crippen LogP contribution in [0.4, 0.5) is 5.82 Å². The Morgan fingerprint density at radius 3 is 2.77 bits per heavy atom. The van der Waals surface area contributed by atoms with E-state index >= 15 is 0 Å². The molecule has 2 aliphatic rings. The van der Waals surface area contributed by atoms with E-state index in [1.165, 1.54) is 9.75 Å². The van der Waals surface area contributed by atoms with Crippen molar-refractivity contribution in [2.45, 2.75) is 51.6 Å². The summed E-state index contributed by atoms with van der Waals surface area (Å²) in [5, 5.41) is 4.39. The molecule has 0 spiro atoms. The fourth-order valence-electron chi connectivity index (χ4n) is 3.71. The van der Waals surface area contributed by atoms with Crippen LogP contribution in [0.2, 0.25) is 0 Å². The van der Waals surface area contributed by atoms with Crippen molar-refractivity contribution < 1.29 is 4.79 Å². The lowest BCUT2D eigenvalue weighted by Crippen LogP contribution is -2.45. The third-order valence-corrected chi connectivity index (χ3v) is 6.04. The minimum atomic E-state index is 0.150. The molecule has 0 bridgehead atoms. The molecule has 1 aliphatic carbocycles. The molecule has 2 aromatic heterocycles. The van der Waals surface area contributed by atoms with Crippen molar-refractivity contribution in [3.63, 3.8) is 0 Å². The van der Waals surface area contributed by atoms with Crippen LogP contribution in [-0.2, 0) is 4.79 Å². The average Bonchev–Trinajstić information content (AvgIpc) is 2.89. The van der Waals surface area contributed by atoms with Gasteiger partial charge in [-0.2, -0.15) is 5.10 Å². The number of anilines is 1. The normalized spacial score (nSPS) is 30.2. The zero-order chi connectivity index (χ0) is 15.4. The summed E-state index contributed by atoms with van der Waals surface area (Å²) in [6, 6.07) is 6.91. The first-order valence-electron chi connectivity index (χ1n) is 7.99. The molecule has 0 radical (unpaired) electrons. The summed E-state index contributed by atoms with van der Waals surface area (Å²) in [5.41, 5.74) is 0. The molecule has 4 rings (SSSR count). The number of nitrogens with zero attached hydrogens (tertiary/aromatic N) is 3. The first-order chi connectivity index (χ1) is 10.6. The topological polar surface area (TPSA) is 38.1 Å². The molecule has 1 fully saturated rings. The van der Waals surface area contributed by atoms with Gasteiger partial charge in [-0.3, -0.25) is 9.69 Å². The monoisotopic (exact) mass is 315 g/mol. The van der Waals surface area contributed by atoms with Crippen molar-refractivity contribution >= 4 is 23.1 Å². The molecule has 1 amide bonds. The molecular formula is C17H21N3OS. The van der Waals surface area contributed by atoms with Gasteiger partial charge in [-0.15, -0.1) is 11.3 Å². The zero-order valence-corrected chi connectivity index (χ0v) is 14.0. The van der Waals surface area contributed by atoms with Gasteiger partial charge in [0, 0.05) is 33.7 Å². The van der Waals surface area contributed by atoms with Crippen LogP contribution in [0, 0.1) is 12.8 Å². The zero-order valence-electron chi connectivity index (χ0n) is 13.2. The van der Waals surface area contributed by atoms with Crippen molar-refractivity contribution in [1.29, 1.82) is 0 Å². The lowest BCUT2D eigenvalue weighted by Gasteiger charge is -2.37. The predicted octanol–water partition coefficient (Wildman–Crippen LogP) is 3.74. The quantitative estimate of drug-likeness (QED) is 0.846. The van der Waals surface area contributed by atoms with Crippen molar-refractivity contribution in [1.82, 2.24) is 9.78 Å². The van der Waals surface area contributed by atoms with E-state index in [0.717, 1.165) is 18.7 Å². The second kappa shape index (κ2) is 4.95. The van der Waals surface area contributed by atoms with Gasteiger partial charge >= 0.3 is 0 Å². The summed E-state index contributed by atoms with van der Waals surface area (Å²) in [6.07, 6.45) is 3.76. The largest absolute Gasteiger partial charge is 0.294 e. The summed E-state index contributed by atoms with van der Waals surface area (Å²) in [7, 11) is 0. The van der Waals surface area contributed by atoms with Gasteiger partial charge in [0.2, 0.25) is 5.91 Å². The van der Waals surface area contributed by atoms with Gasteiger partial charge < -0.3 is 0 Å². The first-order valence-corrected chi connectivity index (χ1v) is 8.81. The molecule has 3 heterocycles. The molecule has 4 nitrogen and oxygen atoms in total. The summed E-state index contributed by atoms with van der Waals surface area (Å²) in [4.78, 5) is 17.7. The van der Waals surface area contributed by atoms with Crippen LogP contribution in [0.3, 0.4) is 0 Å². The third-order valence-electron chi connectivity index (χ3n) is 4.91. The number of carbonyl (C=O) groups is 1. The molecule has 0 unspecified atom stereocenters. The molecule has 22 heavy (non-hydrogen) atoms. The fourth-order valence-corrected chi connectivity index (χ4v) is 4.76. The van der Waals surface area contributed by atoms with Gasteiger partial charge in [0.25, 0.3) is 0 Å². The Bertz CT molecular complexity index is 719. The number of hydrogen-bond donors (Lipinski definition) is 0. The van der Waals surface area contributed by atoms with Gasteiger partial charge in [-0.1, -0.05) is 0 Å². The maximum Gasteiger partial charge on any atom is 0.232 e. The van der Waals surface area contributed by atoms with Gasteiger partial charge in [0.1, 0.15) is 5.82 Å². The summed E-state index contributed by atoms with van der Waals surface area (Å²) >= 11 is 1.83. The highest BCUT2D eigenvalue weighted by Crippen LogP contribution is 2.51. The van der Waals surface area contributed by atoms with Crippen LogP contribution >= 0.6 is 11.3 Å². The lowest BCUT2D eigenvalue weighted by molar-refractivity contribution is -0.120. The van der Waals surface area contributed by atoms with Crippen molar-refractivity contribution in [2.75, 3.05) is 4.90 Å². The number of thiophene rings is 1. The van der Waals surface area contributed by atoms with Crippen molar-refractivity contribution in [2.24, 2.45) is 5.92 Å². The fraction of sp³-hybridized carbons (Fsp3) is 0.529. The summed E-state index contributed by atoms with van der Waals surface area (Å²) in [5.74, 6) is 1.81. The number of rotatable bonds is 2. The Balaban J connectivity index is 1.58. The highest BCUT2D eigenvalue weighted by Gasteiger charge is 2.48. The predicted molar refractivity (Wildman–Crippen MR) is 88.4 cm³/mol. The number of carbonyl (C=O) groups excluding carboxylic acids is 1. The van der Waals surface area contributed by atoms with E-state index < -0.39 is 0 Å².